The molecule has 3 unspecified atom stereocenters. The van der Waals surface area contributed by atoms with Crippen molar-refractivity contribution < 1.29 is 0 Å². The molecular formula is C10H17Cl. The Hall–Kier alpha value is -0.150. The van der Waals surface area contributed by atoms with Crippen LogP contribution in [0.5, 0.6) is 0 Å². The first-order valence-electron chi connectivity index (χ1n) is 4.21. The molecule has 0 N–H and O–H groups in total. The highest BCUT2D eigenvalue weighted by molar-refractivity contribution is 6.20. The maximum atomic E-state index is 6.06. The summed E-state index contributed by atoms with van der Waals surface area (Å²) in [6, 6.07) is 0. The van der Waals surface area contributed by atoms with E-state index in [1.165, 1.54) is 6.42 Å². The van der Waals surface area contributed by atoms with Crippen molar-refractivity contribution >= 4 is 11.6 Å². The minimum absolute atomic E-state index is 0.148. The Labute approximate surface area is 75.3 Å². The van der Waals surface area contributed by atoms with Gasteiger partial charge < -0.3 is 0 Å². The van der Waals surface area contributed by atoms with Gasteiger partial charge in [-0.2, -0.15) is 0 Å². The maximum absolute atomic E-state index is 6.06. The molecule has 0 saturated heterocycles. The Morgan fingerprint density at radius 2 is 2.00 bits per heavy atom. The van der Waals surface area contributed by atoms with Gasteiger partial charge in [0, 0.05) is 11.8 Å². The molecule has 0 bridgehead atoms. The van der Waals surface area contributed by atoms with Crippen LogP contribution >= 0.6 is 11.6 Å². The summed E-state index contributed by atoms with van der Waals surface area (Å²) in [5, 5.41) is 0.148. The molecule has 0 aromatic rings. The van der Waals surface area contributed by atoms with E-state index in [1.807, 2.05) is 0 Å². The maximum Gasteiger partial charge on any atom is 0.0473 e. The van der Waals surface area contributed by atoms with Crippen molar-refractivity contribution in [2.75, 3.05) is 0 Å². The van der Waals surface area contributed by atoms with E-state index in [4.69, 9.17) is 18.0 Å². The molecule has 0 saturated carbocycles. The van der Waals surface area contributed by atoms with Gasteiger partial charge in [0.2, 0.25) is 0 Å². The first-order chi connectivity index (χ1) is 5.13. The second-order valence-corrected chi connectivity index (χ2v) is 3.73. The zero-order chi connectivity index (χ0) is 8.85. The fourth-order valence-electron chi connectivity index (χ4n) is 1.03. The Morgan fingerprint density at radius 1 is 1.45 bits per heavy atom. The molecule has 0 aliphatic carbocycles. The third-order valence-corrected chi connectivity index (χ3v) is 2.98. The van der Waals surface area contributed by atoms with Crippen LogP contribution in [-0.2, 0) is 0 Å². The summed E-state index contributed by atoms with van der Waals surface area (Å²) < 4.78 is 0. The molecule has 0 rings (SSSR count). The lowest BCUT2D eigenvalue weighted by Gasteiger charge is -2.21. The molecule has 0 spiro atoms. The van der Waals surface area contributed by atoms with Crippen LogP contribution in [0.25, 0.3) is 0 Å². The molecule has 0 fully saturated rings. The average molecular weight is 173 g/mol. The quantitative estimate of drug-likeness (QED) is 0.451. The third kappa shape index (κ3) is 3.68. The standard InChI is InChI=1S/C10H17Cl/c1-5-7-10(11)9(4)8(3)6-2/h1,8-10H,6-7H2,2-4H3. The summed E-state index contributed by atoms with van der Waals surface area (Å²) in [5.74, 6) is 3.79. The number of hydrogen-bond acceptors (Lipinski definition) is 0. The molecule has 0 amide bonds. The zero-order valence-electron chi connectivity index (χ0n) is 7.60. The van der Waals surface area contributed by atoms with E-state index in [0.717, 1.165) is 0 Å². The van der Waals surface area contributed by atoms with E-state index in [9.17, 15) is 0 Å². The second-order valence-electron chi connectivity index (χ2n) is 3.17. The summed E-state index contributed by atoms with van der Waals surface area (Å²) in [5.41, 5.74) is 0. The van der Waals surface area contributed by atoms with Crippen molar-refractivity contribution in [3.63, 3.8) is 0 Å². The number of halogens is 1. The molecular weight excluding hydrogens is 156 g/mol. The Bertz CT molecular complexity index is 134. The van der Waals surface area contributed by atoms with Crippen molar-refractivity contribution in [1.82, 2.24) is 0 Å². The molecule has 64 valence electrons. The van der Waals surface area contributed by atoms with Crippen LogP contribution in [0.15, 0.2) is 0 Å². The monoisotopic (exact) mass is 172 g/mol. The summed E-state index contributed by atoms with van der Waals surface area (Å²) in [7, 11) is 0. The van der Waals surface area contributed by atoms with Gasteiger partial charge in [-0.1, -0.05) is 27.2 Å². The predicted molar refractivity (Wildman–Crippen MR) is 51.7 cm³/mol. The van der Waals surface area contributed by atoms with Crippen molar-refractivity contribution in [3.8, 4) is 12.3 Å². The van der Waals surface area contributed by atoms with Crippen LogP contribution in [0.3, 0.4) is 0 Å². The van der Waals surface area contributed by atoms with E-state index < -0.39 is 0 Å². The Morgan fingerprint density at radius 3 is 2.36 bits per heavy atom. The number of terminal acetylenes is 1. The molecule has 0 aromatic heterocycles. The number of rotatable bonds is 4. The molecule has 0 nitrogen and oxygen atoms in total. The van der Waals surface area contributed by atoms with Crippen molar-refractivity contribution in [2.24, 2.45) is 11.8 Å². The highest BCUT2D eigenvalue weighted by Gasteiger charge is 2.18. The first-order valence-corrected chi connectivity index (χ1v) is 4.64. The Balaban J connectivity index is 3.82. The summed E-state index contributed by atoms with van der Waals surface area (Å²) in [6.45, 7) is 6.57. The molecule has 0 radical (unpaired) electrons. The van der Waals surface area contributed by atoms with Gasteiger partial charge in [-0.25, -0.2) is 0 Å². The van der Waals surface area contributed by atoms with Crippen LogP contribution in [0, 0.1) is 24.2 Å². The Kier molecular flexibility index (Phi) is 5.42. The van der Waals surface area contributed by atoms with E-state index in [-0.39, 0.29) is 5.38 Å². The van der Waals surface area contributed by atoms with E-state index >= 15 is 0 Å². The van der Waals surface area contributed by atoms with Crippen LogP contribution < -0.4 is 0 Å². The SMILES string of the molecule is C#CCC(Cl)C(C)C(C)CC. The van der Waals surface area contributed by atoms with Crippen molar-refractivity contribution in [3.05, 3.63) is 0 Å². The van der Waals surface area contributed by atoms with Gasteiger partial charge in [0.15, 0.2) is 0 Å². The van der Waals surface area contributed by atoms with E-state index in [1.54, 1.807) is 0 Å². The van der Waals surface area contributed by atoms with Gasteiger partial charge in [0.25, 0.3) is 0 Å². The van der Waals surface area contributed by atoms with Crippen LogP contribution in [0.2, 0.25) is 0 Å². The number of hydrogen-bond donors (Lipinski definition) is 0. The highest BCUT2D eigenvalue weighted by atomic mass is 35.5. The molecule has 0 aliphatic rings. The highest BCUT2D eigenvalue weighted by Crippen LogP contribution is 2.23. The van der Waals surface area contributed by atoms with Gasteiger partial charge >= 0.3 is 0 Å². The van der Waals surface area contributed by atoms with Gasteiger partial charge in [-0.3, -0.25) is 0 Å². The minimum Gasteiger partial charge on any atom is -0.122 e. The topological polar surface area (TPSA) is 0 Å². The largest absolute Gasteiger partial charge is 0.122 e. The average Bonchev–Trinajstić information content (AvgIpc) is 2.02. The molecule has 0 aromatic carbocycles. The number of alkyl halides is 1. The smallest absolute Gasteiger partial charge is 0.0473 e. The van der Waals surface area contributed by atoms with Crippen LogP contribution in [0.4, 0.5) is 0 Å². The first kappa shape index (κ1) is 10.8. The minimum atomic E-state index is 0.148. The van der Waals surface area contributed by atoms with E-state index in [2.05, 4.69) is 26.7 Å². The predicted octanol–water partition coefficient (Wildman–Crippen LogP) is 3.30. The van der Waals surface area contributed by atoms with Gasteiger partial charge in [0.05, 0.1) is 0 Å². The molecule has 3 atom stereocenters. The van der Waals surface area contributed by atoms with Gasteiger partial charge in [-0.15, -0.1) is 23.9 Å². The van der Waals surface area contributed by atoms with Crippen LogP contribution in [0.1, 0.15) is 33.6 Å². The van der Waals surface area contributed by atoms with Gasteiger partial charge in [-0.05, 0) is 11.8 Å². The lowest BCUT2D eigenvalue weighted by Crippen LogP contribution is -2.18. The van der Waals surface area contributed by atoms with Crippen LogP contribution in [-0.4, -0.2) is 5.38 Å². The fourth-order valence-corrected chi connectivity index (χ4v) is 1.36. The summed E-state index contributed by atoms with van der Waals surface area (Å²) >= 11 is 6.06. The van der Waals surface area contributed by atoms with Crippen molar-refractivity contribution in [1.29, 1.82) is 0 Å². The van der Waals surface area contributed by atoms with Crippen molar-refractivity contribution in [2.45, 2.75) is 39.0 Å². The second kappa shape index (κ2) is 5.49. The molecule has 1 heteroatoms. The van der Waals surface area contributed by atoms with Gasteiger partial charge in [0.1, 0.15) is 0 Å². The molecule has 0 aliphatic heterocycles. The lowest BCUT2D eigenvalue weighted by atomic mass is 9.89. The molecule has 0 heterocycles. The summed E-state index contributed by atoms with van der Waals surface area (Å²) in [6.07, 6.45) is 7.04. The zero-order valence-corrected chi connectivity index (χ0v) is 8.36. The molecule has 11 heavy (non-hydrogen) atoms. The third-order valence-electron chi connectivity index (χ3n) is 2.42. The summed E-state index contributed by atoms with van der Waals surface area (Å²) in [4.78, 5) is 0. The fraction of sp³-hybridized carbons (Fsp3) is 0.800. The lowest BCUT2D eigenvalue weighted by molar-refractivity contribution is 0.364. The normalized spacial score (nSPS) is 18.5. The van der Waals surface area contributed by atoms with E-state index in [0.29, 0.717) is 18.3 Å².